The molecule has 0 saturated carbocycles. The van der Waals surface area contributed by atoms with Gasteiger partial charge in [-0.15, -0.1) is 0 Å². The molecule has 1 saturated heterocycles. The van der Waals surface area contributed by atoms with Gasteiger partial charge in [0.1, 0.15) is 0 Å². The van der Waals surface area contributed by atoms with E-state index in [1.807, 2.05) is 7.05 Å². The predicted molar refractivity (Wildman–Crippen MR) is 82.3 cm³/mol. The number of rotatable bonds is 6. The zero-order valence-corrected chi connectivity index (χ0v) is 13.3. The lowest BCUT2D eigenvalue weighted by atomic mass is 9.79. The largest absolute Gasteiger partial charge is 0.311 e. The van der Waals surface area contributed by atoms with E-state index >= 15 is 0 Å². The molecule has 1 heterocycles. The summed E-state index contributed by atoms with van der Waals surface area (Å²) in [4.78, 5) is 2.46. The van der Waals surface area contributed by atoms with Crippen molar-refractivity contribution >= 4 is 0 Å². The highest BCUT2D eigenvalue weighted by Gasteiger charge is 2.43. The molecule has 1 aromatic rings. The van der Waals surface area contributed by atoms with Gasteiger partial charge in [0.05, 0.1) is 6.04 Å². The molecular weight excluding hydrogens is 270 g/mol. The van der Waals surface area contributed by atoms with Crippen LogP contribution in [-0.2, 0) is 0 Å². The molecule has 0 aromatic heterocycles. The van der Waals surface area contributed by atoms with Gasteiger partial charge in [-0.05, 0) is 51.9 Å². The molecule has 21 heavy (non-hydrogen) atoms. The van der Waals surface area contributed by atoms with E-state index in [1.54, 1.807) is 12.1 Å². The minimum atomic E-state index is -0.768. The van der Waals surface area contributed by atoms with E-state index < -0.39 is 11.6 Å². The van der Waals surface area contributed by atoms with E-state index in [4.69, 9.17) is 0 Å². The van der Waals surface area contributed by atoms with Crippen LogP contribution in [0.5, 0.6) is 0 Å². The number of hydrogen-bond acceptors (Lipinski definition) is 2. The Labute approximate surface area is 126 Å². The molecule has 1 unspecified atom stereocenters. The van der Waals surface area contributed by atoms with Crippen molar-refractivity contribution in [3.8, 4) is 0 Å². The number of halogens is 2. The van der Waals surface area contributed by atoms with Crippen LogP contribution >= 0.6 is 0 Å². The summed E-state index contributed by atoms with van der Waals surface area (Å²) in [5.41, 5.74) is 0.271. The lowest BCUT2D eigenvalue weighted by Gasteiger charge is -2.47. The smallest absolute Gasteiger partial charge is 0.163 e. The first-order valence-electron chi connectivity index (χ1n) is 7.97. The number of nitrogens with zero attached hydrogens (tertiary/aromatic N) is 1. The van der Waals surface area contributed by atoms with Gasteiger partial charge in [-0.2, -0.15) is 0 Å². The van der Waals surface area contributed by atoms with Crippen LogP contribution in [0.2, 0.25) is 0 Å². The van der Waals surface area contributed by atoms with Crippen LogP contribution in [0.4, 0.5) is 8.78 Å². The van der Waals surface area contributed by atoms with Crippen molar-refractivity contribution in [2.75, 3.05) is 20.1 Å². The number of benzene rings is 1. The molecule has 0 amide bonds. The van der Waals surface area contributed by atoms with E-state index in [1.165, 1.54) is 18.9 Å². The summed E-state index contributed by atoms with van der Waals surface area (Å²) < 4.78 is 27.9. The highest BCUT2D eigenvalue weighted by Crippen LogP contribution is 2.40. The molecule has 0 spiro atoms. The van der Waals surface area contributed by atoms with Gasteiger partial charge in [0, 0.05) is 11.1 Å². The van der Waals surface area contributed by atoms with Gasteiger partial charge in [-0.1, -0.05) is 26.0 Å². The molecule has 1 fully saturated rings. The molecule has 1 aromatic carbocycles. The molecule has 2 rings (SSSR count). The summed E-state index contributed by atoms with van der Waals surface area (Å²) in [6.07, 6.45) is 4.18. The van der Waals surface area contributed by atoms with Gasteiger partial charge >= 0.3 is 0 Å². The SMILES string of the molecule is CCC(CC)(C(NC)c1cccc(F)c1F)N1CCCC1. The highest BCUT2D eigenvalue weighted by atomic mass is 19.2. The molecule has 118 valence electrons. The maximum atomic E-state index is 14.3. The van der Waals surface area contributed by atoms with Gasteiger partial charge in [0.15, 0.2) is 11.6 Å². The lowest BCUT2D eigenvalue weighted by molar-refractivity contribution is 0.0630. The number of nitrogens with one attached hydrogen (secondary N) is 1. The van der Waals surface area contributed by atoms with Crippen LogP contribution < -0.4 is 5.32 Å². The van der Waals surface area contributed by atoms with Crippen LogP contribution in [0.15, 0.2) is 18.2 Å². The monoisotopic (exact) mass is 296 g/mol. The Morgan fingerprint density at radius 3 is 2.33 bits per heavy atom. The zero-order chi connectivity index (χ0) is 15.5. The fourth-order valence-electron chi connectivity index (χ4n) is 3.91. The first kappa shape index (κ1) is 16.4. The second-order valence-electron chi connectivity index (χ2n) is 5.87. The van der Waals surface area contributed by atoms with Crippen LogP contribution in [-0.4, -0.2) is 30.6 Å². The Hall–Kier alpha value is -1.00. The maximum absolute atomic E-state index is 14.3. The molecule has 0 aliphatic carbocycles. The number of likely N-dealkylation sites (tertiary alicyclic amines) is 1. The Kier molecular flexibility index (Phi) is 5.33. The average molecular weight is 296 g/mol. The molecule has 1 aliphatic rings. The third kappa shape index (κ3) is 2.84. The molecular formula is C17H26F2N2. The second-order valence-corrected chi connectivity index (χ2v) is 5.87. The second kappa shape index (κ2) is 6.84. The zero-order valence-electron chi connectivity index (χ0n) is 13.3. The maximum Gasteiger partial charge on any atom is 0.163 e. The van der Waals surface area contributed by atoms with Crippen molar-refractivity contribution in [3.05, 3.63) is 35.4 Å². The average Bonchev–Trinajstić information content (AvgIpc) is 3.03. The first-order chi connectivity index (χ1) is 10.1. The van der Waals surface area contributed by atoms with Crippen LogP contribution in [0, 0.1) is 11.6 Å². The molecule has 0 radical (unpaired) electrons. The molecule has 1 N–H and O–H groups in total. The standard InChI is InChI=1S/C17H26F2N2/c1-4-17(5-2,21-11-6-7-12-21)16(20-3)13-9-8-10-14(18)15(13)19/h8-10,16,20H,4-7,11-12H2,1-3H3. The van der Waals surface area contributed by atoms with Crippen molar-refractivity contribution in [2.45, 2.75) is 51.1 Å². The van der Waals surface area contributed by atoms with Gasteiger partial charge in [-0.3, -0.25) is 4.90 Å². The summed E-state index contributed by atoms with van der Waals surface area (Å²) in [5, 5.41) is 3.26. The number of likely N-dealkylation sites (N-methyl/N-ethyl adjacent to an activating group) is 1. The van der Waals surface area contributed by atoms with E-state index in [0.29, 0.717) is 5.56 Å². The first-order valence-corrected chi connectivity index (χ1v) is 7.97. The van der Waals surface area contributed by atoms with Crippen LogP contribution in [0.25, 0.3) is 0 Å². The summed E-state index contributed by atoms with van der Waals surface area (Å²) in [6.45, 7) is 6.36. The Morgan fingerprint density at radius 2 is 1.81 bits per heavy atom. The topological polar surface area (TPSA) is 15.3 Å². The summed E-state index contributed by atoms with van der Waals surface area (Å²) in [6, 6.07) is 4.27. The summed E-state index contributed by atoms with van der Waals surface area (Å²) in [5.74, 6) is -1.49. The van der Waals surface area contributed by atoms with Gasteiger partial charge in [-0.25, -0.2) is 8.78 Å². The highest BCUT2D eigenvalue weighted by molar-refractivity contribution is 5.26. The Morgan fingerprint density at radius 1 is 1.19 bits per heavy atom. The van der Waals surface area contributed by atoms with Crippen molar-refractivity contribution < 1.29 is 8.78 Å². The molecule has 2 nitrogen and oxygen atoms in total. The molecule has 1 aliphatic heterocycles. The van der Waals surface area contributed by atoms with Crippen LogP contribution in [0.3, 0.4) is 0 Å². The minimum absolute atomic E-state index is 0.167. The normalized spacial score (nSPS) is 18.1. The molecule has 0 bridgehead atoms. The van der Waals surface area contributed by atoms with Crippen molar-refractivity contribution in [3.63, 3.8) is 0 Å². The van der Waals surface area contributed by atoms with Gasteiger partial charge in [0.2, 0.25) is 0 Å². The minimum Gasteiger partial charge on any atom is -0.311 e. The third-order valence-corrected chi connectivity index (χ3v) is 5.08. The predicted octanol–water partition coefficient (Wildman–Crippen LogP) is 3.88. The van der Waals surface area contributed by atoms with Crippen molar-refractivity contribution in [2.24, 2.45) is 0 Å². The van der Waals surface area contributed by atoms with E-state index in [2.05, 4.69) is 24.1 Å². The molecule has 1 atom stereocenters. The molecule has 4 heteroatoms. The fraction of sp³-hybridized carbons (Fsp3) is 0.647. The lowest BCUT2D eigenvalue weighted by Crippen LogP contribution is -2.54. The Balaban J connectivity index is 2.46. The van der Waals surface area contributed by atoms with Gasteiger partial charge < -0.3 is 5.32 Å². The summed E-state index contributed by atoms with van der Waals surface area (Å²) >= 11 is 0. The quantitative estimate of drug-likeness (QED) is 0.857. The fourth-order valence-corrected chi connectivity index (χ4v) is 3.91. The van der Waals surface area contributed by atoms with E-state index in [-0.39, 0.29) is 11.6 Å². The van der Waals surface area contributed by atoms with E-state index in [9.17, 15) is 8.78 Å². The van der Waals surface area contributed by atoms with Crippen molar-refractivity contribution in [1.29, 1.82) is 0 Å². The summed E-state index contributed by atoms with van der Waals surface area (Å²) in [7, 11) is 1.84. The van der Waals surface area contributed by atoms with Crippen LogP contribution in [0.1, 0.15) is 51.1 Å². The third-order valence-electron chi connectivity index (χ3n) is 5.08. The van der Waals surface area contributed by atoms with Crippen molar-refractivity contribution in [1.82, 2.24) is 10.2 Å². The van der Waals surface area contributed by atoms with Gasteiger partial charge in [0.25, 0.3) is 0 Å². The Bertz CT molecular complexity index is 466. The van der Waals surface area contributed by atoms with E-state index in [0.717, 1.165) is 25.9 Å². The number of hydrogen-bond donors (Lipinski definition) is 1.